The molecule has 7 nitrogen and oxygen atoms in total. The van der Waals surface area contributed by atoms with Crippen molar-refractivity contribution in [3.63, 3.8) is 0 Å². The quantitative estimate of drug-likeness (QED) is 0.707. The molecular weight excluding hydrogens is 452 g/mol. The van der Waals surface area contributed by atoms with Crippen LogP contribution < -0.4 is 15.1 Å². The lowest BCUT2D eigenvalue weighted by Gasteiger charge is -2.45. The Labute approximate surface area is 204 Å². The molecule has 178 valence electrons. The van der Waals surface area contributed by atoms with Gasteiger partial charge in [0.05, 0.1) is 11.4 Å². The van der Waals surface area contributed by atoms with Gasteiger partial charge >= 0.3 is 0 Å². The maximum absolute atomic E-state index is 13.5. The number of piperidine rings is 2. The van der Waals surface area contributed by atoms with E-state index in [0.717, 1.165) is 63.8 Å². The molecule has 0 aliphatic carbocycles. The molecule has 1 unspecified atom stereocenters. The van der Waals surface area contributed by atoms with E-state index in [1.807, 2.05) is 17.0 Å². The van der Waals surface area contributed by atoms with Gasteiger partial charge in [0.15, 0.2) is 0 Å². The summed E-state index contributed by atoms with van der Waals surface area (Å²) in [5.74, 6) is -0.409. The van der Waals surface area contributed by atoms with E-state index in [1.165, 1.54) is 0 Å². The van der Waals surface area contributed by atoms with Crippen LogP contribution in [0.4, 0.5) is 17.1 Å². The number of nitrogens with zero attached hydrogens (tertiary/aromatic N) is 3. The zero-order valence-electron chi connectivity index (χ0n) is 19.1. The van der Waals surface area contributed by atoms with Gasteiger partial charge in [0.2, 0.25) is 11.8 Å². The standard InChI is InChI=1S/C26H29ClN4O3/c27-19-7-6-8-20(16-19)28-24(32)17-31-23-15-18(25(33)29-12-3-1-4-13-29)10-11-21(23)30-14-5-2-9-22(30)26(31)34/h6-8,10-11,15-16,22H,1-5,9,12-14,17H2,(H,28,32). The third kappa shape index (κ3) is 4.49. The summed E-state index contributed by atoms with van der Waals surface area (Å²) in [4.78, 5) is 45.2. The van der Waals surface area contributed by atoms with Crippen molar-refractivity contribution in [1.82, 2.24) is 4.90 Å². The summed E-state index contributed by atoms with van der Waals surface area (Å²) in [6.45, 7) is 2.19. The highest BCUT2D eigenvalue weighted by Gasteiger charge is 2.40. The molecular formula is C26H29ClN4O3. The van der Waals surface area contributed by atoms with Gasteiger partial charge in [-0.15, -0.1) is 0 Å². The third-order valence-electron chi connectivity index (χ3n) is 6.93. The Bertz CT molecular complexity index is 1110. The summed E-state index contributed by atoms with van der Waals surface area (Å²) >= 11 is 6.04. The summed E-state index contributed by atoms with van der Waals surface area (Å²) in [5, 5.41) is 3.36. The van der Waals surface area contributed by atoms with Crippen LogP contribution in [0.15, 0.2) is 42.5 Å². The molecule has 2 aromatic rings. The average molecular weight is 481 g/mol. The minimum atomic E-state index is -0.307. The van der Waals surface area contributed by atoms with Gasteiger partial charge in [-0.2, -0.15) is 0 Å². The monoisotopic (exact) mass is 480 g/mol. The molecule has 3 aliphatic heterocycles. The predicted octanol–water partition coefficient (Wildman–Crippen LogP) is 4.31. The predicted molar refractivity (Wildman–Crippen MR) is 134 cm³/mol. The van der Waals surface area contributed by atoms with Gasteiger partial charge in [-0.05, 0) is 74.9 Å². The number of hydrogen-bond donors (Lipinski definition) is 1. The molecule has 0 spiro atoms. The third-order valence-corrected chi connectivity index (χ3v) is 7.16. The molecule has 1 N–H and O–H groups in total. The summed E-state index contributed by atoms with van der Waals surface area (Å²) < 4.78 is 0. The highest BCUT2D eigenvalue weighted by molar-refractivity contribution is 6.30. The lowest BCUT2D eigenvalue weighted by molar-refractivity contribution is -0.123. The largest absolute Gasteiger partial charge is 0.358 e. The number of rotatable bonds is 4. The molecule has 3 aliphatic rings. The molecule has 3 amide bonds. The van der Waals surface area contributed by atoms with Crippen LogP contribution in [0.25, 0.3) is 0 Å². The van der Waals surface area contributed by atoms with Crippen molar-refractivity contribution in [2.45, 2.75) is 44.6 Å². The molecule has 8 heteroatoms. The summed E-state index contributed by atoms with van der Waals surface area (Å²) in [7, 11) is 0. The van der Waals surface area contributed by atoms with E-state index < -0.39 is 0 Å². The number of carbonyl (C=O) groups is 3. The summed E-state index contributed by atoms with van der Waals surface area (Å²) in [5.41, 5.74) is 2.68. The average Bonchev–Trinajstić information content (AvgIpc) is 2.86. The number of carbonyl (C=O) groups excluding carboxylic acids is 3. The Morgan fingerprint density at radius 1 is 0.941 bits per heavy atom. The molecule has 0 radical (unpaired) electrons. The van der Waals surface area contributed by atoms with E-state index in [4.69, 9.17) is 11.6 Å². The highest BCUT2D eigenvalue weighted by Crippen LogP contribution is 2.40. The lowest BCUT2D eigenvalue weighted by Crippen LogP contribution is -2.56. The number of nitrogens with one attached hydrogen (secondary N) is 1. The van der Waals surface area contributed by atoms with Gasteiger partial charge in [-0.3, -0.25) is 19.3 Å². The molecule has 2 saturated heterocycles. The topological polar surface area (TPSA) is 73.0 Å². The number of benzene rings is 2. The molecule has 3 heterocycles. The minimum absolute atomic E-state index is 0.0148. The molecule has 34 heavy (non-hydrogen) atoms. The summed E-state index contributed by atoms with van der Waals surface area (Å²) in [6.07, 6.45) is 5.94. The first-order valence-corrected chi connectivity index (χ1v) is 12.5. The number of likely N-dealkylation sites (tertiary alicyclic amines) is 1. The van der Waals surface area contributed by atoms with E-state index in [2.05, 4.69) is 10.2 Å². The van der Waals surface area contributed by atoms with Crippen molar-refractivity contribution in [3.05, 3.63) is 53.1 Å². The van der Waals surface area contributed by atoms with Crippen molar-refractivity contribution < 1.29 is 14.4 Å². The molecule has 2 aromatic carbocycles. The van der Waals surface area contributed by atoms with Crippen LogP contribution in [0.1, 0.15) is 48.9 Å². The van der Waals surface area contributed by atoms with Crippen LogP contribution in [0.5, 0.6) is 0 Å². The van der Waals surface area contributed by atoms with Gasteiger partial charge in [0.25, 0.3) is 5.91 Å². The van der Waals surface area contributed by atoms with Gasteiger partial charge in [0.1, 0.15) is 12.6 Å². The fourth-order valence-electron chi connectivity index (χ4n) is 5.24. The molecule has 1 atom stereocenters. The van der Waals surface area contributed by atoms with Gasteiger partial charge < -0.3 is 15.1 Å². The van der Waals surface area contributed by atoms with Crippen molar-refractivity contribution in [1.29, 1.82) is 0 Å². The van der Waals surface area contributed by atoms with Crippen molar-refractivity contribution in [2.75, 3.05) is 41.3 Å². The maximum atomic E-state index is 13.5. The van der Waals surface area contributed by atoms with E-state index in [0.29, 0.717) is 22.0 Å². The number of fused-ring (bicyclic) bond motifs is 3. The van der Waals surface area contributed by atoms with Crippen LogP contribution in [-0.2, 0) is 9.59 Å². The van der Waals surface area contributed by atoms with Crippen LogP contribution in [0.2, 0.25) is 5.02 Å². The van der Waals surface area contributed by atoms with Crippen LogP contribution in [0.3, 0.4) is 0 Å². The van der Waals surface area contributed by atoms with Crippen molar-refractivity contribution in [3.8, 4) is 0 Å². The van der Waals surface area contributed by atoms with Crippen LogP contribution >= 0.6 is 11.6 Å². The fourth-order valence-corrected chi connectivity index (χ4v) is 5.43. The van der Waals surface area contributed by atoms with E-state index in [1.54, 1.807) is 35.2 Å². The first kappa shape index (κ1) is 22.7. The van der Waals surface area contributed by atoms with Gasteiger partial charge in [0, 0.05) is 35.9 Å². The second-order valence-corrected chi connectivity index (χ2v) is 9.68. The molecule has 2 fully saturated rings. The summed E-state index contributed by atoms with van der Waals surface area (Å²) in [6, 6.07) is 12.3. The van der Waals surface area contributed by atoms with Gasteiger partial charge in [-0.1, -0.05) is 17.7 Å². The zero-order valence-corrected chi connectivity index (χ0v) is 19.9. The van der Waals surface area contributed by atoms with Gasteiger partial charge in [-0.25, -0.2) is 0 Å². The lowest BCUT2D eigenvalue weighted by atomic mass is 9.95. The molecule has 5 rings (SSSR count). The van der Waals surface area contributed by atoms with Crippen LogP contribution in [0, 0.1) is 0 Å². The normalized spacial score (nSPS) is 20.0. The Hall–Kier alpha value is -3.06. The molecule has 0 aromatic heterocycles. The zero-order chi connectivity index (χ0) is 23.7. The molecule has 0 saturated carbocycles. The Balaban J connectivity index is 1.45. The Kier molecular flexibility index (Phi) is 6.46. The smallest absolute Gasteiger partial charge is 0.253 e. The number of anilines is 3. The second kappa shape index (κ2) is 9.66. The Morgan fingerprint density at radius 3 is 2.53 bits per heavy atom. The second-order valence-electron chi connectivity index (χ2n) is 9.24. The first-order chi connectivity index (χ1) is 16.5. The maximum Gasteiger partial charge on any atom is 0.253 e. The minimum Gasteiger partial charge on any atom is -0.358 e. The first-order valence-electron chi connectivity index (χ1n) is 12.1. The fraction of sp³-hybridized carbons (Fsp3) is 0.423. The highest BCUT2D eigenvalue weighted by atomic mass is 35.5. The Morgan fingerprint density at radius 2 is 1.74 bits per heavy atom. The number of halogens is 1. The van der Waals surface area contributed by atoms with E-state index in [9.17, 15) is 14.4 Å². The molecule has 0 bridgehead atoms. The number of hydrogen-bond acceptors (Lipinski definition) is 4. The van der Waals surface area contributed by atoms with Crippen molar-refractivity contribution >= 4 is 46.4 Å². The van der Waals surface area contributed by atoms with E-state index >= 15 is 0 Å². The number of amides is 3. The van der Waals surface area contributed by atoms with E-state index in [-0.39, 0.29) is 30.3 Å². The van der Waals surface area contributed by atoms with Crippen molar-refractivity contribution in [2.24, 2.45) is 0 Å². The van der Waals surface area contributed by atoms with Crippen LogP contribution in [-0.4, -0.2) is 54.8 Å². The SMILES string of the molecule is O=C(CN1C(=O)C2CCCCN2c2ccc(C(=O)N3CCCCC3)cc21)Nc1cccc(Cl)c1.